The second kappa shape index (κ2) is 7.18. The molecule has 2 amide bonds. The summed E-state index contributed by atoms with van der Waals surface area (Å²) in [6.45, 7) is 6.31. The van der Waals surface area contributed by atoms with Crippen LogP contribution in [0.5, 0.6) is 0 Å². The van der Waals surface area contributed by atoms with Crippen LogP contribution in [-0.2, 0) is 14.3 Å². The van der Waals surface area contributed by atoms with Crippen molar-refractivity contribution >= 4 is 11.8 Å². The van der Waals surface area contributed by atoms with Crippen LogP contribution in [0.15, 0.2) is 0 Å². The van der Waals surface area contributed by atoms with Gasteiger partial charge >= 0.3 is 0 Å². The molecule has 0 spiro atoms. The molecule has 2 aliphatic rings. The number of carbonyl (C=O) groups excluding carboxylic acids is 2. The number of nitrogens with zero attached hydrogens (tertiary/aromatic N) is 1. The maximum atomic E-state index is 13.0. The topological polar surface area (TPSA) is 78.9 Å². The first-order valence-electron chi connectivity index (χ1n) is 8.58. The summed E-state index contributed by atoms with van der Waals surface area (Å²) in [4.78, 5) is 26.4. The maximum absolute atomic E-state index is 13.0. The average Bonchev–Trinajstić information content (AvgIpc) is 2.54. The van der Waals surface area contributed by atoms with Gasteiger partial charge in [-0.3, -0.25) is 9.59 Å². The molecule has 132 valence electrons. The zero-order chi connectivity index (χ0) is 17.1. The lowest BCUT2D eigenvalue weighted by atomic mass is 9.73. The summed E-state index contributed by atoms with van der Waals surface area (Å²) in [5, 5.41) is 13.2. The molecule has 0 aromatic rings. The van der Waals surface area contributed by atoms with E-state index in [1.807, 2.05) is 13.8 Å². The van der Waals surface area contributed by atoms with Gasteiger partial charge in [-0.25, -0.2) is 0 Å². The second-order valence-corrected chi connectivity index (χ2v) is 7.51. The summed E-state index contributed by atoms with van der Waals surface area (Å²) in [7, 11) is 1.56. The highest BCUT2D eigenvalue weighted by Gasteiger charge is 2.44. The third-order valence-corrected chi connectivity index (χ3v) is 5.40. The van der Waals surface area contributed by atoms with Crippen molar-refractivity contribution in [2.75, 3.05) is 33.4 Å². The van der Waals surface area contributed by atoms with Crippen molar-refractivity contribution < 1.29 is 19.4 Å². The van der Waals surface area contributed by atoms with Crippen molar-refractivity contribution in [1.29, 1.82) is 0 Å². The number of rotatable bonds is 4. The monoisotopic (exact) mass is 326 g/mol. The van der Waals surface area contributed by atoms with E-state index in [9.17, 15) is 14.7 Å². The van der Waals surface area contributed by atoms with E-state index in [2.05, 4.69) is 5.32 Å². The SMILES string of the molecule is CNC(=O)CC1(O)CCCN(C(=O)C(C)(C)C2CCOCC2)C1. The van der Waals surface area contributed by atoms with E-state index in [0.717, 1.165) is 19.3 Å². The Kier molecular flexibility index (Phi) is 5.68. The number of aliphatic hydroxyl groups is 1. The van der Waals surface area contributed by atoms with Crippen LogP contribution in [0.4, 0.5) is 0 Å². The van der Waals surface area contributed by atoms with Crippen LogP contribution in [-0.4, -0.2) is 60.8 Å². The zero-order valence-corrected chi connectivity index (χ0v) is 14.6. The van der Waals surface area contributed by atoms with Crippen LogP contribution in [0.25, 0.3) is 0 Å². The molecule has 0 aromatic carbocycles. The van der Waals surface area contributed by atoms with E-state index in [1.54, 1.807) is 11.9 Å². The Morgan fingerprint density at radius 1 is 1.35 bits per heavy atom. The van der Waals surface area contributed by atoms with E-state index in [1.165, 1.54) is 0 Å². The number of hydrogen-bond acceptors (Lipinski definition) is 4. The van der Waals surface area contributed by atoms with Crippen LogP contribution in [0.1, 0.15) is 46.0 Å². The summed E-state index contributed by atoms with van der Waals surface area (Å²) < 4.78 is 5.40. The van der Waals surface area contributed by atoms with E-state index < -0.39 is 11.0 Å². The second-order valence-electron chi connectivity index (χ2n) is 7.51. The van der Waals surface area contributed by atoms with Crippen molar-refractivity contribution in [1.82, 2.24) is 10.2 Å². The van der Waals surface area contributed by atoms with Gasteiger partial charge in [-0.05, 0) is 31.6 Å². The molecule has 2 saturated heterocycles. The van der Waals surface area contributed by atoms with Crippen molar-refractivity contribution in [2.45, 2.75) is 51.6 Å². The largest absolute Gasteiger partial charge is 0.388 e. The van der Waals surface area contributed by atoms with Crippen LogP contribution >= 0.6 is 0 Å². The van der Waals surface area contributed by atoms with Gasteiger partial charge in [0, 0.05) is 38.8 Å². The molecule has 2 N–H and O–H groups in total. The number of carbonyl (C=O) groups is 2. The number of amides is 2. The Bertz CT molecular complexity index is 446. The van der Waals surface area contributed by atoms with Gasteiger partial charge in [-0.2, -0.15) is 0 Å². The number of ether oxygens (including phenoxy) is 1. The molecule has 6 heteroatoms. The molecule has 6 nitrogen and oxygen atoms in total. The fraction of sp³-hybridized carbons (Fsp3) is 0.882. The minimum Gasteiger partial charge on any atom is -0.388 e. The van der Waals surface area contributed by atoms with Gasteiger partial charge in [0.05, 0.1) is 12.0 Å². The average molecular weight is 326 g/mol. The number of β-amino-alcohol motifs (C(OH)–C–C–N with tert-alkyl or cyclic N) is 1. The van der Waals surface area contributed by atoms with Gasteiger partial charge in [0.25, 0.3) is 0 Å². The summed E-state index contributed by atoms with van der Waals surface area (Å²) in [6, 6.07) is 0. The molecule has 0 aromatic heterocycles. The zero-order valence-electron chi connectivity index (χ0n) is 14.6. The van der Waals surface area contributed by atoms with Crippen LogP contribution in [0.2, 0.25) is 0 Å². The van der Waals surface area contributed by atoms with Crippen LogP contribution in [0, 0.1) is 11.3 Å². The summed E-state index contributed by atoms with van der Waals surface area (Å²) in [5.74, 6) is 0.197. The third-order valence-electron chi connectivity index (χ3n) is 5.40. The van der Waals surface area contributed by atoms with Gasteiger partial charge in [-0.1, -0.05) is 13.8 Å². The number of likely N-dealkylation sites (tertiary alicyclic amines) is 1. The highest BCUT2D eigenvalue weighted by atomic mass is 16.5. The fourth-order valence-electron chi connectivity index (χ4n) is 3.82. The standard InChI is InChI=1S/C17H30N2O4/c1-16(2,13-5-9-23-10-6-13)15(21)19-8-4-7-17(22,12-19)11-14(20)18-3/h13,22H,4-12H2,1-3H3,(H,18,20). The summed E-state index contributed by atoms with van der Waals surface area (Å²) in [5.41, 5.74) is -1.57. The molecule has 1 unspecified atom stereocenters. The van der Waals surface area contributed by atoms with Crippen molar-refractivity contribution in [3.8, 4) is 0 Å². The third kappa shape index (κ3) is 4.23. The first-order valence-corrected chi connectivity index (χ1v) is 8.58. The molecule has 23 heavy (non-hydrogen) atoms. The molecule has 2 fully saturated rings. The van der Waals surface area contributed by atoms with Crippen LogP contribution in [0.3, 0.4) is 0 Å². The van der Waals surface area contributed by atoms with E-state index in [4.69, 9.17) is 4.74 Å². The Labute approximate surface area is 138 Å². The highest BCUT2D eigenvalue weighted by molar-refractivity contribution is 5.83. The molecular weight excluding hydrogens is 296 g/mol. The Morgan fingerprint density at radius 2 is 2.00 bits per heavy atom. The first kappa shape index (κ1) is 18.2. The molecule has 2 heterocycles. The number of hydrogen-bond donors (Lipinski definition) is 2. The van der Waals surface area contributed by atoms with Crippen molar-refractivity contribution in [2.24, 2.45) is 11.3 Å². The van der Waals surface area contributed by atoms with Crippen molar-refractivity contribution in [3.63, 3.8) is 0 Å². The quantitative estimate of drug-likeness (QED) is 0.805. The molecule has 1 atom stereocenters. The minimum atomic E-state index is -1.11. The number of piperidine rings is 1. The van der Waals surface area contributed by atoms with Gasteiger partial charge in [0.15, 0.2) is 0 Å². The van der Waals surface area contributed by atoms with E-state index in [-0.39, 0.29) is 24.8 Å². The lowest BCUT2D eigenvalue weighted by Crippen LogP contribution is -2.56. The fourth-order valence-corrected chi connectivity index (χ4v) is 3.82. The minimum absolute atomic E-state index is 0.0466. The van der Waals surface area contributed by atoms with Gasteiger partial charge in [0.1, 0.15) is 0 Å². The molecule has 0 saturated carbocycles. The first-order chi connectivity index (χ1) is 10.8. The lowest BCUT2D eigenvalue weighted by Gasteiger charge is -2.44. The molecule has 0 aliphatic carbocycles. The van der Waals surface area contributed by atoms with E-state index in [0.29, 0.717) is 32.1 Å². The summed E-state index contributed by atoms with van der Waals surface area (Å²) in [6.07, 6.45) is 3.13. The smallest absolute Gasteiger partial charge is 0.228 e. The normalized spacial score (nSPS) is 26.9. The molecule has 0 bridgehead atoms. The highest BCUT2D eigenvalue weighted by Crippen LogP contribution is 2.37. The Hall–Kier alpha value is -1.14. The molecule has 0 radical (unpaired) electrons. The molecular formula is C17H30N2O4. The van der Waals surface area contributed by atoms with E-state index >= 15 is 0 Å². The Morgan fingerprint density at radius 3 is 2.61 bits per heavy atom. The van der Waals surface area contributed by atoms with Crippen molar-refractivity contribution in [3.05, 3.63) is 0 Å². The summed E-state index contributed by atoms with van der Waals surface area (Å²) >= 11 is 0. The van der Waals surface area contributed by atoms with Gasteiger partial charge in [-0.15, -0.1) is 0 Å². The lowest BCUT2D eigenvalue weighted by molar-refractivity contribution is -0.154. The van der Waals surface area contributed by atoms with Gasteiger partial charge in [0.2, 0.25) is 11.8 Å². The molecule has 2 aliphatic heterocycles. The van der Waals surface area contributed by atoms with Gasteiger partial charge < -0.3 is 20.1 Å². The predicted molar refractivity (Wildman–Crippen MR) is 86.8 cm³/mol. The Balaban J connectivity index is 2.04. The van der Waals surface area contributed by atoms with Crippen LogP contribution < -0.4 is 5.32 Å². The molecule has 2 rings (SSSR count). The predicted octanol–water partition coefficient (Wildman–Crippen LogP) is 0.929. The maximum Gasteiger partial charge on any atom is 0.228 e. The number of nitrogens with one attached hydrogen (secondary N) is 1.